The summed E-state index contributed by atoms with van der Waals surface area (Å²) >= 11 is 0. The van der Waals surface area contributed by atoms with Gasteiger partial charge in [0.15, 0.2) is 0 Å². The second-order valence-electron chi connectivity index (χ2n) is 5.37. The van der Waals surface area contributed by atoms with Crippen LogP contribution in [0.15, 0.2) is 18.2 Å². The van der Waals surface area contributed by atoms with Crippen molar-refractivity contribution in [2.75, 3.05) is 0 Å². The zero-order chi connectivity index (χ0) is 12.4. The molecule has 94 valence electrons. The van der Waals surface area contributed by atoms with E-state index in [1.54, 1.807) is 6.07 Å². The highest BCUT2D eigenvalue weighted by molar-refractivity contribution is 5.30. The van der Waals surface area contributed by atoms with E-state index in [-0.39, 0.29) is 11.9 Å². The maximum atomic E-state index is 13.3. The normalized spacial score (nSPS) is 26.1. The zero-order valence-corrected chi connectivity index (χ0v) is 10.7. The quantitative estimate of drug-likeness (QED) is 0.843. The van der Waals surface area contributed by atoms with E-state index in [1.807, 2.05) is 13.0 Å². The van der Waals surface area contributed by atoms with E-state index < -0.39 is 0 Å². The molecule has 0 spiro atoms. The fourth-order valence-electron chi connectivity index (χ4n) is 3.03. The number of hydrogen-bond donors (Lipinski definition) is 1. The van der Waals surface area contributed by atoms with Crippen LogP contribution >= 0.6 is 0 Å². The Morgan fingerprint density at radius 3 is 2.82 bits per heavy atom. The molecule has 0 radical (unpaired) electrons. The van der Waals surface area contributed by atoms with Crippen LogP contribution in [0, 0.1) is 24.6 Å². The lowest BCUT2D eigenvalue weighted by atomic mass is 9.89. The Morgan fingerprint density at radius 2 is 2.18 bits per heavy atom. The molecule has 0 heterocycles. The molecule has 1 nitrogen and oxygen atoms in total. The zero-order valence-electron chi connectivity index (χ0n) is 10.7. The molecule has 0 amide bonds. The third-order valence-corrected chi connectivity index (χ3v) is 4.27. The molecule has 0 aliphatic heterocycles. The van der Waals surface area contributed by atoms with Gasteiger partial charge in [0.1, 0.15) is 5.82 Å². The minimum absolute atomic E-state index is 0.00208. The SMILES string of the molecule is CCC1CCC(C(N)c2cc(F)ccc2C)C1. The molecule has 17 heavy (non-hydrogen) atoms. The van der Waals surface area contributed by atoms with Crippen molar-refractivity contribution in [1.82, 2.24) is 0 Å². The second-order valence-corrected chi connectivity index (χ2v) is 5.37. The van der Waals surface area contributed by atoms with Crippen LogP contribution in [0.2, 0.25) is 0 Å². The van der Waals surface area contributed by atoms with Crippen LogP contribution in [0.4, 0.5) is 4.39 Å². The number of hydrogen-bond acceptors (Lipinski definition) is 1. The lowest BCUT2D eigenvalue weighted by Crippen LogP contribution is -2.20. The van der Waals surface area contributed by atoms with Crippen LogP contribution in [-0.4, -0.2) is 0 Å². The molecule has 1 aromatic rings. The number of rotatable bonds is 3. The topological polar surface area (TPSA) is 26.0 Å². The van der Waals surface area contributed by atoms with Gasteiger partial charge in [0.25, 0.3) is 0 Å². The molecule has 0 saturated heterocycles. The summed E-state index contributed by atoms with van der Waals surface area (Å²) in [5.41, 5.74) is 8.42. The molecule has 2 N–H and O–H groups in total. The van der Waals surface area contributed by atoms with Gasteiger partial charge in [0, 0.05) is 6.04 Å². The summed E-state index contributed by atoms with van der Waals surface area (Å²) in [4.78, 5) is 0. The molecule has 2 rings (SSSR count). The lowest BCUT2D eigenvalue weighted by molar-refractivity contribution is 0.414. The molecular formula is C15H22FN. The van der Waals surface area contributed by atoms with Crippen LogP contribution in [-0.2, 0) is 0 Å². The Labute approximate surface area is 103 Å². The monoisotopic (exact) mass is 235 g/mol. The van der Waals surface area contributed by atoms with Crippen LogP contribution in [0.25, 0.3) is 0 Å². The Balaban J connectivity index is 2.14. The molecule has 0 aromatic heterocycles. The predicted octanol–water partition coefficient (Wildman–Crippen LogP) is 3.96. The average molecular weight is 235 g/mol. The maximum Gasteiger partial charge on any atom is 0.123 e. The van der Waals surface area contributed by atoms with Gasteiger partial charge in [0.2, 0.25) is 0 Å². The Kier molecular flexibility index (Phi) is 3.82. The highest BCUT2D eigenvalue weighted by Crippen LogP contribution is 2.39. The molecule has 2 heteroatoms. The van der Waals surface area contributed by atoms with Gasteiger partial charge in [-0.15, -0.1) is 0 Å². The Morgan fingerprint density at radius 1 is 1.41 bits per heavy atom. The maximum absolute atomic E-state index is 13.3. The summed E-state index contributed by atoms with van der Waals surface area (Å²) in [6, 6.07) is 4.95. The minimum atomic E-state index is -0.175. The van der Waals surface area contributed by atoms with E-state index in [0.717, 1.165) is 17.0 Å². The fraction of sp³-hybridized carbons (Fsp3) is 0.600. The molecular weight excluding hydrogens is 213 g/mol. The Hall–Kier alpha value is -0.890. The first-order chi connectivity index (χ1) is 8.11. The van der Waals surface area contributed by atoms with E-state index in [0.29, 0.717) is 5.92 Å². The molecule has 3 unspecified atom stereocenters. The van der Waals surface area contributed by atoms with Crippen LogP contribution in [0.3, 0.4) is 0 Å². The highest BCUT2D eigenvalue weighted by atomic mass is 19.1. The van der Waals surface area contributed by atoms with Gasteiger partial charge in [-0.1, -0.05) is 25.8 Å². The molecule has 1 aliphatic rings. The summed E-state index contributed by atoms with van der Waals surface area (Å²) < 4.78 is 13.3. The number of aryl methyl sites for hydroxylation is 1. The van der Waals surface area contributed by atoms with E-state index >= 15 is 0 Å². The van der Waals surface area contributed by atoms with Crippen molar-refractivity contribution >= 4 is 0 Å². The second kappa shape index (κ2) is 5.18. The van der Waals surface area contributed by atoms with Crippen molar-refractivity contribution in [3.63, 3.8) is 0 Å². The van der Waals surface area contributed by atoms with Crippen LogP contribution < -0.4 is 5.73 Å². The smallest absolute Gasteiger partial charge is 0.123 e. The first-order valence-corrected chi connectivity index (χ1v) is 6.63. The van der Waals surface area contributed by atoms with E-state index in [9.17, 15) is 4.39 Å². The van der Waals surface area contributed by atoms with Crippen molar-refractivity contribution in [3.8, 4) is 0 Å². The molecule has 0 bridgehead atoms. The van der Waals surface area contributed by atoms with E-state index in [1.165, 1.54) is 31.7 Å². The number of benzene rings is 1. The third kappa shape index (κ3) is 2.68. The van der Waals surface area contributed by atoms with Crippen molar-refractivity contribution < 1.29 is 4.39 Å². The van der Waals surface area contributed by atoms with Crippen LogP contribution in [0.5, 0.6) is 0 Å². The molecule has 1 aliphatic carbocycles. The van der Waals surface area contributed by atoms with E-state index in [2.05, 4.69) is 6.92 Å². The average Bonchev–Trinajstić information content (AvgIpc) is 2.80. The summed E-state index contributed by atoms with van der Waals surface area (Å²) in [7, 11) is 0. The summed E-state index contributed by atoms with van der Waals surface area (Å²) in [5.74, 6) is 1.17. The summed E-state index contributed by atoms with van der Waals surface area (Å²) in [6.45, 7) is 4.26. The Bertz CT molecular complexity index is 389. The predicted molar refractivity (Wildman–Crippen MR) is 69.2 cm³/mol. The minimum Gasteiger partial charge on any atom is -0.324 e. The van der Waals surface area contributed by atoms with Crippen molar-refractivity contribution in [2.24, 2.45) is 17.6 Å². The highest BCUT2D eigenvalue weighted by Gasteiger charge is 2.29. The fourth-order valence-corrected chi connectivity index (χ4v) is 3.03. The molecule has 1 fully saturated rings. The summed E-state index contributed by atoms with van der Waals surface area (Å²) in [5, 5.41) is 0. The molecule has 3 atom stereocenters. The van der Waals surface area contributed by atoms with E-state index in [4.69, 9.17) is 5.73 Å². The number of halogens is 1. The standard InChI is InChI=1S/C15H22FN/c1-3-11-5-6-12(8-11)15(17)14-9-13(16)7-4-10(14)2/h4,7,9,11-12,15H,3,5-6,8,17H2,1-2H3. The first-order valence-electron chi connectivity index (χ1n) is 6.63. The molecule has 1 aromatic carbocycles. The van der Waals surface area contributed by atoms with Gasteiger partial charge in [-0.05, 0) is 54.9 Å². The van der Waals surface area contributed by atoms with Crippen molar-refractivity contribution in [1.29, 1.82) is 0 Å². The van der Waals surface area contributed by atoms with Gasteiger partial charge in [-0.2, -0.15) is 0 Å². The van der Waals surface area contributed by atoms with Gasteiger partial charge in [0.05, 0.1) is 0 Å². The lowest BCUT2D eigenvalue weighted by Gasteiger charge is -2.21. The largest absolute Gasteiger partial charge is 0.324 e. The summed E-state index contributed by atoms with van der Waals surface area (Å²) in [6.07, 6.45) is 4.91. The molecule has 1 saturated carbocycles. The van der Waals surface area contributed by atoms with Gasteiger partial charge < -0.3 is 5.73 Å². The number of nitrogens with two attached hydrogens (primary N) is 1. The van der Waals surface area contributed by atoms with Gasteiger partial charge >= 0.3 is 0 Å². The third-order valence-electron chi connectivity index (χ3n) is 4.27. The van der Waals surface area contributed by atoms with Crippen molar-refractivity contribution in [2.45, 2.75) is 45.6 Å². The van der Waals surface area contributed by atoms with Crippen molar-refractivity contribution in [3.05, 3.63) is 35.1 Å². The van der Waals surface area contributed by atoms with Gasteiger partial charge in [-0.25, -0.2) is 4.39 Å². The van der Waals surface area contributed by atoms with Gasteiger partial charge in [-0.3, -0.25) is 0 Å². The first kappa shape index (κ1) is 12.6. The van der Waals surface area contributed by atoms with Crippen LogP contribution in [0.1, 0.15) is 49.8 Å².